The number of alkyl halides is 3. The Balaban J connectivity index is 0.00000529. The van der Waals surface area contributed by atoms with Crippen LogP contribution in [0.1, 0.15) is 25.2 Å². The Hall–Kier alpha value is -3.44. The van der Waals surface area contributed by atoms with Crippen LogP contribution >= 0.6 is 12.4 Å². The van der Waals surface area contributed by atoms with E-state index in [1.807, 2.05) is 4.90 Å². The normalized spacial score (nSPS) is 15.3. The zero-order valence-corrected chi connectivity index (χ0v) is 25.2. The monoisotopic (exact) mass is 664 g/mol. The summed E-state index contributed by atoms with van der Waals surface area (Å²) in [7, 11) is -2.59. The number of carbonyl (C=O) groups excluding carboxylic acids is 1. The Kier molecular flexibility index (Phi) is 12.0. The number of aryl methyl sites for hydroxylation is 1. The second kappa shape index (κ2) is 15.0. The van der Waals surface area contributed by atoms with Crippen molar-refractivity contribution >= 4 is 28.2 Å². The van der Waals surface area contributed by atoms with E-state index in [1.54, 1.807) is 12.6 Å². The quantitative estimate of drug-likeness (QED) is 0.156. The topological polar surface area (TPSA) is 153 Å². The standard InChI is InChI=1S/C27H31F3N4O8S.ClH/c1-39-18-16-34-14-12-26(13-15-34,25(35)32-36)43(37,38)22-10-8-20(9-11-22)40-17-2-3-23-31-24(33-42-23)19-4-6-21(7-5-19)41-27(28,29)30;/h4-11,36H,2-3,12-18H2,1H3,(H,32,35);1H. The second-order valence-corrected chi connectivity index (χ2v) is 12.0. The summed E-state index contributed by atoms with van der Waals surface area (Å²) in [6.07, 6.45) is -3.93. The van der Waals surface area contributed by atoms with Crippen molar-refractivity contribution in [1.82, 2.24) is 20.5 Å². The number of nitrogens with one attached hydrogen (secondary N) is 1. The van der Waals surface area contributed by atoms with Gasteiger partial charge in [-0.3, -0.25) is 10.0 Å². The molecule has 2 aromatic carbocycles. The third kappa shape index (κ3) is 8.38. The van der Waals surface area contributed by atoms with Crippen molar-refractivity contribution in [2.75, 3.05) is 40.0 Å². The first-order chi connectivity index (χ1) is 20.5. The number of amides is 1. The lowest BCUT2D eigenvalue weighted by molar-refractivity contribution is -0.274. The van der Waals surface area contributed by atoms with Crippen molar-refractivity contribution < 1.29 is 50.3 Å². The zero-order valence-electron chi connectivity index (χ0n) is 23.6. The molecule has 1 saturated heterocycles. The number of piperidine rings is 1. The van der Waals surface area contributed by atoms with E-state index in [0.29, 0.717) is 56.3 Å². The van der Waals surface area contributed by atoms with Crippen LogP contribution < -0.4 is 15.0 Å². The van der Waals surface area contributed by atoms with Crippen LogP contribution in [0.25, 0.3) is 11.4 Å². The molecule has 0 unspecified atom stereocenters. The molecule has 0 spiro atoms. The van der Waals surface area contributed by atoms with Crippen molar-refractivity contribution in [3.63, 3.8) is 0 Å². The number of aromatic nitrogens is 2. The van der Waals surface area contributed by atoms with Crippen LogP contribution in [0.5, 0.6) is 11.5 Å². The second-order valence-electron chi connectivity index (χ2n) is 9.78. The number of sulfone groups is 1. The van der Waals surface area contributed by atoms with Gasteiger partial charge in [0.2, 0.25) is 11.7 Å². The molecule has 0 saturated carbocycles. The van der Waals surface area contributed by atoms with Gasteiger partial charge in [0.15, 0.2) is 14.6 Å². The molecule has 0 atom stereocenters. The van der Waals surface area contributed by atoms with Gasteiger partial charge in [0, 0.05) is 38.7 Å². The molecular formula is C27H32ClF3N4O8S. The molecule has 1 aromatic heterocycles. The Labute approximate surface area is 257 Å². The number of likely N-dealkylation sites (tertiary alicyclic amines) is 1. The van der Waals surface area contributed by atoms with Gasteiger partial charge in [0.05, 0.1) is 18.1 Å². The number of hydroxylamine groups is 1. The first-order valence-corrected chi connectivity index (χ1v) is 14.8. The van der Waals surface area contributed by atoms with Gasteiger partial charge in [0.1, 0.15) is 11.5 Å². The Morgan fingerprint density at radius 2 is 1.70 bits per heavy atom. The molecule has 1 aliphatic rings. The summed E-state index contributed by atoms with van der Waals surface area (Å²) in [5, 5.41) is 13.2. The summed E-state index contributed by atoms with van der Waals surface area (Å²) in [6, 6.07) is 10.8. The maximum atomic E-state index is 13.6. The first-order valence-electron chi connectivity index (χ1n) is 13.3. The highest BCUT2D eigenvalue weighted by Gasteiger charge is 2.52. The van der Waals surface area contributed by atoms with Crippen LogP contribution in [0, 0.1) is 0 Å². The maximum absolute atomic E-state index is 13.6. The average molecular weight is 665 g/mol. The minimum Gasteiger partial charge on any atom is -0.494 e. The Morgan fingerprint density at radius 1 is 1.07 bits per heavy atom. The van der Waals surface area contributed by atoms with Crippen molar-refractivity contribution in [1.29, 1.82) is 0 Å². The minimum atomic E-state index is -4.79. The molecular weight excluding hydrogens is 633 g/mol. The number of nitrogens with zero attached hydrogens (tertiary/aromatic N) is 3. The number of rotatable bonds is 13. The highest BCUT2D eigenvalue weighted by molar-refractivity contribution is 7.93. The van der Waals surface area contributed by atoms with Gasteiger partial charge in [-0.05, 0) is 67.8 Å². The van der Waals surface area contributed by atoms with Gasteiger partial charge >= 0.3 is 6.36 Å². The molecule has 0 radical (unpaired) electrons. The highest BCUT2D eigenvalue weighted by Crippen LogP contribution is 2.36. The van der Waals surface area contributed by atoms with Crippen molar-refractivity contribution in [3.05, 3.63) is 54.4 Å². The van der Waals surface area contributed by atoms with Gasteiger partial charge < -0.3 is 23.6 Å². The molecule has 3 aromatic rings. The summed E-state index contributed by atoms with van der Waals surface area (Å²) < 4.78 is 82.2. The average Bonchev–Trinajstić information content (AvgIpc) is 3.47. The fourth-order valence-electron chi connectivity index (χ4n) is 4.71. The molecule has 0 bridgehead atoms. The molecule has 44 heavy (non-hydrogen) atoms. The van der Waals surface area contributed by atoms with E-state index in [1.165, 1.54) is 36.4 Å². The number of hydrogen-bond donors (Lipinski definition) is 2. The summed E-state index contributed by atoms with van der Waals surface area (Å²) in [6.45, 7) is 2.02. The number of ether oxygens (including phenoxy) is 3. The molecule has 12 nitrogen and oxygen atoms in total. The number of methoxy groups -OCH3 is 1. The number of benzene rings is 2. The van der Waals surface area contributed by atoms with Gasteiger partial charge in [-0.25, -0.2) is 13.9 Å². The van der Waals surface area contributed by atoms with Gasteiger partial charge in [-0.1, -0.05) is 5.16 Å². The van der Waals surface area contributed by atoms with E-state index < -0.39 is 26.9 Å². The van der Waals surface area contributed by atoms with Crippen LogP contribution in [0.15, 0.2) is 57.9 Å². The molecule has 1 fully saturated rings. The van der Waals surface area contributed by atoms with E-state index in [9.17, 15) is 31.6 Å². The van der Waals surface area contributed by atoms with Crippen LogP contribution in [0.3, 0.4) is 0 Å². The predicted molar refractivity (Wildman–Crippen MR) is 151 cm³/mol. The molecule has 4 rings (SSSR count). The molecule has 0 aliphatic carbocycles. The van der Waals surface area contributed by atoms with E-state index in [4.69, 9.17) is 14.0 Å². The molecule has 1 amide bonds. The summed E-state index contributed by atoms with van der Waals surface area (Å²) in [4.78, 5) is 18.8. The van der Waals surface area contributed by atoms with Gasteiger partial charge in [-0.15, -0.1) is 25.6 Å². The number of carbonyl (C=O) groups is 1. The molecule has 1 aliphatic heterocycles. The van der Waals surface area contributed by atoms with E-state index >= 15 is 0 Å². The lowest BCUT2D eigenvalue weighted by atomic mass is 9.95. The Morgan fingerprint density at radius 3 is 2.30 bits per heavy atom. The van der Waals surface area contributed by atoms with E-state index in [2.05, 4.69) is 14.9 Å². The third-order valence-electron chi connectivity index (χ3n) is 7.06. The first kappa shape index (κ1) is 35.0. The fraction of sp³-hybridized carbons (Fsp3) is 0.444. The number of halogens is 4. The largest absolute Gasteiger partial charge is 0.573 e. The van der Waals surface area contributed by atoms with E-state index in [-0.39, 0.29) is 48.3 Å². The zero-order chi connectivity index (χ0) is 31.1. The van der Waals surface area contributed by atoms with Gasteiger partial charge in [0.25, 0.3) is 5.91 Å². The van der Waals surface area contributed by atoms with Crippen LogP contribution in [0.4, 0.5) is 13.2 Å². The lowest BCUT2D eigenvalue weighted by Gasteiger charge is -2.39. The molecule has 2 heterocycles. The number of hydrogen-bond acceptors (Lipinski definition) is 11. The maximum Gasteiger partial charge on any atom is 0.573 e. The molecule has 242 valence electrons. The van der Waals surface area contributed by atoms with Crippen molar-refractivity contribution in [3.8, 4) is 22.9 Å². The summed E-state index contributed by atoms with van der Waals surface area (Å²) in [5.41, 5.74) is 1.99. The fourth-order valence-corrected chi connectivity index (χ4v) is 6.67. The highest BCUT2D eigenvalue weighted by atomic mass is 35.5. The smallest absolute Gasteiger partial charge is 0.494 e. The third-order valence-corrected chi connectivity index (χ3v) is 9.57. The SMILES string of the molecule is COCCN1CCC(C(=O)NO)(S(=O)(=O)c2ccc(OCCCc3nc(-c4ccc(OC(F)(F)F)cc4)no3)cc2)CC1.Cl. The molecule has 2 N–H and O–H groups in total. The van der Waals surface area contributed by atoms with Crippen LogP contribution in [-0.2, 0) is 25.8 Å². The van der Waals surface area contributed by atoms with Crippen molar-refractivity contribution in [2.24, 2.45) is 0 Å². The summed E-state index contributed by atoms with van der Waals surface area (Å²) >= 11 is 0. The van der Waals surface area contributed by atoms with Crippen LogP contribution in [0.2, 0.25) is 0 Å². The lowest BCUT2D eigenvalue weighted by Crippen LogP contribution is -2.57. The summed E-state index contributed by atoms with van der Waals surface area (Å²) in [5.74, 6) is -0.412. The predicted octanol–water partition coefficient (Wildman–Crippen LogP) is 3.83. The van der Waals surface area contributed by atoms with E-state index in [0.717, 1.165) is 12.1 Å². The Bertz CT molecular complexity index is 1460. The van der Waals surface area contributed by atoms with Crippen LogP contribution in [-0.4, -0.2) is 85.6 Å². The minimum absolute atomic E-state index is 0. The van der Waals surface area contributed by atoms with Crippen molar-refractivity contribution in [2.45, 2.75) is 41.7 Å². The van der Waals surface area contributed by atoms with Gasteiger partial charge in [-0.2, -0.15) is 4.98 Å². The molecule has 17 heteroatoms.